The van der Waals surface area contributed by atoms with E-state index in [2.05, 4.69) is 24.8 Å². The smallest absolute Gasteiger partial charge is 0.383 e. The van der Waals surface area contributed by atoms with Crippen LogP contribution < -0.4 is 5.32 Å². The Morgan fingerprint density at radius 1 is 1.21 bits per heavy atom. The van der Waals surface area contributed by atoms with Gasteiger partial charge in [-0.05, 0) is 51.9 Å². The summed E-state index contributed by atoms with van der Waals surface area (Å²) in [4.78, 5) is 26.8. The van der Waals surface area contributed by atoms with Crippen molar-refractivity contribution in [2.45, 2.75) is 51.1 Å². The summed E-state index contributed by atoms with van der Waals surface area (Å²) in [6.07, 6.45) is -3.16. The predicted octanol–water partition coefficient (Wildman–Crippen LogP) is 4.50. The molecule has 1 amide bonds. The lowest BCUT2D eigenvalue weighted by Crippen LogP contribution is -2.65. The lowest BCUT2D eigenvalue weighted by molar-refractivity contribution is -0.186. The molecule has 13 heteroatoms. The van der Waals surface area contributed by atoms with E-state index in [1.807, 2.05) is 11.0 Å². The minimum atomic E-state index is -4.80. The van der Waals surface area contributed by atoms with Crippen molar-refractivity contribution in [1.82, 2.24) is 24.3 Å². The maximum Gasteiger partial charge on any atom is 0.419 e. The van der Waals surface area contributed by atoms with E-state index >= 15 is 0 Å². The van der Waals surface area contributed by atoms with Crippen LogP contribution in [0.5, 0.6) is 0 Å². The van der Waals surface area contributed by atoms with Crippen LogP contribution in [0.3, 0.4) is 0 Å². The summed E-state index contributed by atoms with van der Waals surface area (Å²) in [6, 6.07) is 4.40. The molecule has 232 valence electrons. The first-order valence-corrected chi connectivity index (χ1v) is 14.7. The molecule has 1 N–H and O–H groups in total. The number of hydrogen-bond acceptors (Lipinski definition) is 7. The fraction of sp³-hybridized carbons (Fsp3) is 0.567. The molecule has 5 heterocycles. The number of rotatable bonds is 7. The summed E-state index contributed by atoms with van der Waals surface area (Å²) in [5.74, 6) is -0.288. The normalized spacial score (nSPS) is 19.8. The van der Waals surface area contributed by atoms with Crippen molar-refractivity contribution in [3.8, 4) is 0 Å². The average Bonchev–Trinajstić information content (AvgIpc) is 3.33. The number of hydrogen-bond donors (Lipinski definition) is 1. The van der Waals surface area contributed by atoms with Crippen LogP contribution >= 0.6 is 0 Å². The Kier molecular flexibility index (Phi) is 7.84. The largest absolute Gasteiger partial charge is 0.419 e. The number of alkyl halides is 3. The Morgan fingerprint density at radius 3 is 2.65 bits per heavy atom. The minimum absolute atomic E-state index is 0.00681. The standard InChI is InChI=1S/C30H36F4N6O3/c1-18(21-5-4-6-23(25(21)31)30(32,33)34)35-26-22-15-24-29(43-14-12-40(24)27(22)37-19(2)36-26)16-39(17-29)28(41)20-7-9-38(10-8-20)11-13-42-3/h4-6,15,18,20H,7-14,16-17H2,1-3H3,(H,35,36,37)/t18-/m1/s1. The van der Waals surface area contributed by atoms with Crippen molar-refractivity contribution < 1.29 is 31.8 Å². The van der Waals surface area contributed by atoms with Gasteiger partial charge in [0.25, 0.3) is 0 Å². The molecular weight excluding hydrogens is 568 g/mol. The van der Waals surface area contributed by atoms with Crippen LogP contribution in [0.25, 0.3) is 11.0 Å². The Bertz CT molecular complexity index is 1510. The van der Waals surface area contributed by atoms with Crippen LogP contribution in [0, 0.1) is 18.7 Å². The van der Waals surface area contributed by atoms with Gasteiger partial charge in [-0.25, -0.2) is 14.4 Å². The van der Waals surface area contributed by atoms with E-state index in [9.17, 15) is 22.4 Å². The number of aryl methyl sites for hydroxylation is 1. The van der Waals surface area contributed by atoms with E-state index in [1.165, 1.54) is 12.1 Å². The summed E-state index contributed by atoms with van der Waals surface area (Å²) in [7, 11) is 1.69. The van der Waals surface area contributed by atoms with Crippen molar-refractivity contribution in [2.75, 3.05) is 58.4 Å². The first kappa shape index (κ1) is 29.8. The van der Waals surface area contributed by atoms with Crippen molar-refractivity contribution in [1.29, 1.82) is 0 Å². The zero-order valence-corrected chi connectivity index (χ0v) is 24.5. The maximum absolute atomic E-state index is 14.9. The zero-order valence-electron chi connectivity index (χ0n) is 24.5. The number of piperidine rings is 1. The lowest BCUT2D eigenvalue weighted by Gasteiger charge is -2.52. The number of carbonyl (C=O) groups excluding carboxylic acids is 1. The maximum atomic E-state index is 14.9. The van der Waals surface area contributed by atoms with Crippen molar-refractivity contribution >= 4 is 22.8 Å². The molecule has 43 heavy (non-hydrogen) atoms. The summed E-state index contributed by atoms with van der Waals surface area (Å²) in [5, 5.41) is 3.80. The monoisotopic (exact) mass is 604 g/mol. The molecule has 1 aromatic carbocycles. The number of likely N-dealkylation sites (tertiary alicyclic amines) is 2. The molecule has 9 nitrogen and oxygen atoms in total. The van der Waals surface area contributed by atoms with Gasteiger partial charge in [-0.1, -0.05) is 12.1 Å². The average molecular weight is 605 g/mol. The number of fused-ring (bicyclic) bond motifs is 4. The molecule has 2 aromatic heterocycles. The van der Waals surface area contributed by atoms with E-state index in [0.717, 1.165) is 44.2 Å². The Morgan fingerprint density at radius 2 is 1.95 bits per heavy atom. The molecule has 3 aliphatic heterocycles. The lowest BCUT2D eigenvalue weighted by atomic mass is 9.86. The molecule has 3 aromatic rings. The zero-order chi connectivity index (χ0) is 30.5. The summed E-state index contributed by atoms with van der Waals surface area (Å²) in [5.41, 5.74) is -0.536. The molecule has 0 unspecified atom stereocenters. The van der Waals surface area contributed by atoms with Gasteiger partial charge in [0, 0.05) is 31.7 Å². The second-order valence-electron chi connectivity index (χ2n) is 11.8. The van der Waals surface area contributed by atoms with Gasteiger partial charge in [-0.15, -0.1) is 0 Å². The molecule has 1 atom stereocenters. The van der Waals surface area contributed by atoms with Gasteiger partial charge < -0.3 is 29.2 Å². The number of aromatic nitrogens is 3. The second-order valence-corrected chi connectivity index (χ2v) is 11.8. The first-order valence-electron chi connectivity index (χ1n) is 14.7. The third-order valence-corrected chi connectivity index (χ3v) is 8.93. The number of nitrogens with one attached hydrogen (secondary N) is 1. The fourth-order valence-corrected chi connectivity index (χ4v) is 6.60. The first-order chi connectivity index (χ1) is 20.5. The highest BCUT2D eigenvalue weighted by atomic mass is 19.4. The van der Waals surface area contributed by atoms with Gasteiger partial charge in [-0.2, -0.15) is 13.2 Å². The Labute approximate surface area is 247 Å². The van der Waals surface area contributed by atoms with E-state index < -0.39 is 29.2 Å². The molecule has 0 radical (unpaired) electrons. The third kappa shape index (κ3) is 5.46. The van der Waals surface area contributed by atoms with E-state index in [0.29, 0.717) is 55.5 Å². The van der Waals surface area contributed by atoms with Crippen LogP contribution in [-0.4, -0.2) is 83.3 Å². The highest BCUT2D eigenvalue weighted by molar-refractivity contribution is 5.89. The van der Waals surface area contributed by atoms with Crippen molar-refractivity contribution in [3.63, 3.8) is 0 Å². The highest BCUT2D eigenvalue weighted by Gasteiger charge is 2.52. The third-order valence-electron chi connectivity index (χ3n) is 8.93. The van der Waals surface area contributed by atoms with Crippen LogP contribution in [0.2, 0.25) is 0 Å². The summed E-state index contributed by atoms with van der Waals surface area (Å²) in [6.45, 7) is 8.52. The molecule has 6 rings (SSSR count). The number of anilines is 1. The summed E-state index contributed by atoms with van der Waals surface area (Å²) >= 11 is 0. The number of nitrogens with zero attached hydrogens (tertiary/aromatic N) is 5. The van der Waals surface area contributed by atoms with E-state index in [4.69, 9.17) is 9.47 Å². The van der Waals surface area contributed by atoms with Crippen LogP contribution in [0.1, 0.15) is 48.5 Å². The number of ether oxygens (including phenoxy) is 2. The second kappa shape index (κ2) is 11.3. The highest BCUT2D eigenvalue weighted by Crippen LogP contribution is 2.43. The quantitative estimate of drug-likeness (QED) is 0.398. The molecule has 0 saturated carbocycles. The topological polar surface area (TPSA) is 84.8 Å². The number of benzene rings is 1. The fourth-order valence-electron chi connectivity index (χ4n) is 6.60. The number of methoxy groups -OCH3 is 1. The van der Waals surface area contributed by atoms with E-state index in [-0.39, 0.29) is 17.4 Å². The minimum Gasteiger partial charge on any atom is -0.383 e. The predicted molar refractivity (Wildman–Crippen MR) is 151 cm³/mol. The molecule has 2 saturated heterocycles. The molecule has 3 aliphatic rings. The van der Waals surface area contributed by atoms with Gasteiger partial charge >= 0.3 is 6.18 Å². The number of amides is 1. The molecule has 1 spiro atoms. The van der Waals surface area contributed by atoms with Crippen molar-refractivity contribution in [3.05, 3.63) is 52.7 Å². The van der Waals surface area contributed by atoms with Crippen molar-refractivity contribution in [2.24, 2.45) is 5.92 Å². The van der Waals surface area contributed by atoms with Crippen LogP contribution in [-0.2, 0) is 32.6 Å². The van der Waals surface area contributed by atoms with Gasteiger partial charge in [0.05, 0.1) is 49.0 Å². The molecular formula is C30H36F4N6O3. The molecule has 0 aliphatic carbocycles. The van der Waals surface area contributed by atoms with E-state index in [1.54, 1.807) is 21.0 Å². The van der Waals surface area contributed by atoms with Crippen LogP contribution in [0.4, 0.5) is 23.4 Å². The molecule has 2 fully saturated rings. The van der Waals surface area contributed by atoms with Crippen LogP contribution in [0.15, 0.2) is 24.3 Å². The SMILES string of the molecule is COCCN1CCC(C(=O)N2CC3(C2)OCCn2c3cc3c(N[C@H](C)c4cccc(C(F)(F)F)c4F)nc(C)nc32)CC1. The Hall–Kier alpha value is -3.29. The van der Waals surface area contributed by atoms with Gasteiger partial charge in [0.15, 0.2) is 0 Å². The van der Waals surface area contributed by atoms with Gasteiger partial charge in [0.1, 0.15) is 28.7 Å². The number of halogens is 4. The summed E-state index contributed by atoms with van der Waals surface area (Å²) < 4.78 is 68.5. The van der Waals surface area contributed by atoms with Gasteiger partial charge in [-0.3, -0.25) is 4.79 Å². The Balaban J connectivity index is 1.22. The van der Waals surface area contributed by atoms with Gasteiger partial charge in [0.2, 0.25) is 5.91 Å². The molecule has 0 bridgehead atoms. The number of carbonyl (C=O) groups is 1.